The second-order valence-corrected chi connectivity index (χ2v) is 5.79. The predicted octanol–water partition coefficient (Wildman–Crippen LogP) is 1.85. The monoisotopic (exact) mass is 368 g/mol. The molecule has 0 radical (unpaired) electrons. The average Bonchev–Trinajstić information content (AvgIpc) is 2.87. The van der Waals surface area contributed by atoms with Crippen molar-refractivity contribution in [1.29, 1.82) is 0 Å². The molecule has 0 saturated heterocycles. The largest absolute Gasteiger partial charge is 0.341 e. The highest BCUT2D eigenvalue weighted by Gasteiger charge is 2.28. The SMILES string of the molecule is C=CC(=O)NC(C)C(=O)NC1=NN(c2ccc(Cl)cc2Cl)C(=O)C1. The molecule has 1 unspecified atom stereocenters. The van der Waals surface area contributed by atoms with Crippen molar-refractivity contribution in [3.63, 3.8) is 0 Å². The Morgan fingerprint density at radius 3 is 2.75 bits per heavy atom. The molecule has 9 heteroatoms. The third-order valence-electron chi connectivity index (χ3n) is 3.12. The fourth-order valence-electron chi connectivity index (χ4n) is 1.93. The van der Waals surface area contributed by atoms with Crippen LogP contribution in [0.4, 0.5) is 5.69 Å². The molecule has 24 heavy (non-hydrogen) atoms. The molecule has 1 aromatic rings. The molecule has 1 aromatic carbocycles. The van der Waals surface area contributed by atoms with E-state index >= 15 is 0 Å². The van der Waals surface area contributed by atoms with E-state index in [2.05, 4.69) is 22.3 Å². The molecule has 0 spiro atoms. The summed E-state index contributed by atoms with van der Waals surface area (Å²) in [6, 6.07) is 3.82. The maximum absolute atomic E-state index is 12.1. The molecule has 0 aromatic heterocycles. The molecule has 2 rings (SSSR count). The molecular formula is C15H14Cl2N4O3. The Balaban J connectivity index is 2.10. The van der Waals surface area contributed by atoms with Gasteiger partial charge in [-0.3, -0.25) is 14.4 Å². The van der Waals surface area contributed by atoms with Crippen molar-refractivity contribution >= 4 is 52.4 Å². The Kier molecular flexibility index (Phi) is 5.58. The molecule has 0 saturated carbocycles. The lowest BCUT2D eigenvalue weighted by Crippen LogP contribution is -2.46. The van der Waals surface area contributed by atoms with Gasteiger partial charge >= 0.3 is 0 Å². The summed E-state index contributed by atoms with van der Waals surface area (Å²) >= 11 is 11.9. The van der Waals surface area contributed by atoms with Crippen molar-refractivity contribution in [3.8, 4) is 0 Å². The average molecular weight is 369 g/mol. The lowest BCUT2D eigenvalue weighted by molar-refractivity contribution is -0.125. The van der Waals surface area contributed by atoms with Gasteiger partial charge in [-0.25, -0.2) is 0 Å². The van der Waals surface area contributed by atoms with E-state index in [1.807, 2.05) is 0 Å². The van der Waals surface area contributed by atoms with Crippen LogP contribution in [0.1, 0.15) is 13.3 Å². The van der Waals surface area contributed by atoms with Crippen LogP contribution >= 0.6 is 23.2 Å². The fourth-order valence-corrected chi connectivity index (χ4v) is 2.42. The fraction of sp³-hybridized carbons (Fsp3) is 0.200. The van der Waals surface area contributed by atoms with Crippen molar-refractivity contribution in [1.82, 2.24) is 10.6 Å². The molecule has 3 amide bonds. The van der Waals surface area contributed by atoms with Gasteiger partial charge in [0.1, 0.15) is 11.9 Å². The minimum Gasteiger partial charge on any atom is -0.341 e. The number of rotatable bonds is 4. The van der Waals surface area contributed by atoms with Gasteiger partial charge in [0.15, 0.2) is 0 Å². The first-order chi connectivity index (χ1) is 11.3. The highest BCUT2D eigenvalue weighted by atomic mass is 35.5. The maximum Gasteiger partial charge on any atom is 0.255 e. The van der Waals surface area contributed by atoms with Gasteiger partial charge in [0.25, 0.3) is 5.91 Å². The minimum atomic E-state index is -0.804. The van der Waals surface area contributed by atoms with Crippen LogP contribution in [0, 0.1) is 0 Å². The van der Waals surface area contributed by atoms with E-state index in [-0.39, 0.29) is 23.2 Å². The Labute approximate surface area is 148 Å². The zero-order chi connectivity index (χ0) is 17.9. The van der Waals surface area contributed by atoms with Gasteiger partial charge in [-0.15, -0.1) is 0 Å². The number of nitrogens with zero attached hydrogens (tertiary/aromatic N) is 2. The van der Waals surface area contributed by atoms with Crippen LogP contribution in [0.25, 0.3) is 0 Å². The summed E-state index contributed by atoms with van der Waals surface area (Å²) in [5.41, 5.74) is 0.364. The summed E-state index contributed by atoms with van der Waals surface area (Å²) in [6.07, 6.45) is 0.970. The molecule has 1 atom stereocenters. The molecule has 2 N–H and O–H groups in total. The Bertz CT molecular complexity index is 748. The van der Waals surface area contributed by atoms with Gasteiger partial charge in [-0.05, 0) is 31.2 Å². The molecule has 0 bridgehead atoms. The van der Waals surface area contributed by atoms with Crippen LogP contribution in [0.15, 0.2) is 36.0 Å². The number of hydrazone groups is 1. The summed E-state index contributed by atoms with van der Waals surface area (Å²) in [7, 11) is 0. The number of carbonyl (C=O) groups excluding carboxylic acids is 3. The standard InChI is InChI=1S/C15H14Cl2N4O3/c1-3-13(22)18-8(2)15(24)19-12-7-14(23)21(20-12)11-5-4-9(16)6-10(11)17/h3-6,8H,1,7H2,2H3,(H,18,22)(H,19,20,24). The smallest absolute Gasteiger partial charge is 0.255 e. The number of halogens is 2. The van der Waals surface area contributed by atoms with Crippen LogP contribution in [0.3, 0.4) is 0 Å². The van der Waals surface area contributed by atoms with E-state index in [1.54, 1.807) is 12.1 Å². The Morgan fingerprint density at radius 2 is 2.12 bits per heavy atom. The van der Waals surface area contributed by atoms with Crippen molar-refractivity contribution < 1.29 is 14.4 Å². The second-order valence-electron chi connectivity index (χ2n) is 4.95. The molecule has 1 aliphatic heterocycles. The highest BCUT2D eigenvalue weighted by molar-refractivity contribution is 6.37. The van der Waals surface area contributed by atoms with Crippen molar-refractivity contribution in [3.05, 3.63) is 40.9 Å². The van der Waals surface area contributed by atoms with Gasteiger partial charge in [-0.1, -0.05) is 29.8 Å². The molecule has 1 aliphatic rings. The first-order valence-corrected chi connectivity index (χ1v) is 7.66. The van der Waals surface area contributed by atoms with E-state index < -0.39 is 17.9 Å². The first kappa shape index (κ1) is 18.0. The summed E-state index contributed by atoms with van der Waals surface area (Å²) < 4.78 is 0. The maximum atomic E-state index is 12.1. The molecule has 126 valence electrons. The molecule has 7 nitrogen and oxygen atoms in total. The molecule has 0 aliphatic carbocycles. The predicted molar refractivity (Wildman–Crippen MR) is 91.9 cm³/mol. The van der Waals surface area contributed by atoms with Crippen molar-refractivity contribution in [2.45, 2.75) is 19.4 Å². The van der Waals surface area contributed by atoms with Gasteiger partial charge in [-0.2, -0.15) is 10.1 Å². The third-order valence-corrected chi connectivity index (χ3v) is 3.66. The molecule has 1 heterocycles. The lowest BCUT2D eigenvalue weighted by atomic mass is 10.2. The van der Waals surface area contributed by atoms with Gasteiger partial charge in [0.2, 0.25) is 11.8 Å². The lowest BCUT2D eigenvalue weighted by Gasteiger charge is -2.13. The summed E-state index contributed by atoms with van der Waals surface area (Å²) in [5.74, 6) is -1.16. The van der Waals surface area contributed by atoms with E-state index in [9.17, 15) is 14.4 Å². The number of amides is 3. The number of hydrogen-bond donors (Lipinski definition) is 2. The third kappa shape index (κ3) is 4.12. The normalized spacial score (nSPS) is 14.9. The van der Waals surface area contributed by atoms with Crippen LogP contribution in [-0.2, 0) is 14.4 Å². The Hall–Kier alpha value is -2.38. The van der Waals surface area contributed by atoms with Gasteiger partial charge < -0.3 is 10.6 Å². The first-order valence-electron chi connectivity index (χ1n) is 6.91. The summed E-state index contributed by atoms with van der Waals surface area (Å²) in [4.78, 5) is 35.3. The number of amidine groups is 1. The molecular weight excluding hydrogens is 355 g/mol. The van der Waals surface area contributed by atoms with E-state index in [4.69, 9.17) is 23.2 Å². The van der Waals surface area contributed by atoms with E-state index in [0.717, 1.165) is 11.1 Å². The van der Waals surface area contributed by atoms with E-state index in [0.29, 0.717) is 10.7 Å². The van der Waals surface area contributed by atoms with Crippen LogP contribution in [-0.4, -0.2) is 29.6 Å². The number of benzene rings is 1. The van der Waals surface area contributed by atoms with Crippen LogP contribution in [0.5, 0.6) is 0 Å². The highest BCUT2D eigenvalue weighted by Crippen LogP contribution is 2.31. The summed E-state index contributed by atoms with van der Waals surface area (Å²) in [5, 5.41) is 10.8. The number of carbonyl (C=O) groups is 3. The molecule has 0 fully saturated rings. The number of nitrogens with one attached hydrogen (secondary N) is 2. The van der Waals surface area contributed by atoms with E-state index in [1.165, 1.54) is 13.0 Å². The topological polar surface area (TPSA) is 90.9 Å². The van der Waals surface area contributed by atoms with Gasteiger partial charge in [0, 0.05) is 5.02 Å². The Morgan fingerprint density at radius 1 is 1.42 bits per heavy atom. The minimum absolute atomic E-state index is 0.0905. The second kappa shape index (κ2) is 7.46. The zero-order valence-corrected chi connectivity index (χ0v) is 14.2. The van der Waals surface area contributed by atoms with Crippen LogP contribution in [0.2, 0.25) is 10.0 Å². The summed E-state index contributed by atoms with van der Waals surface area (Å²) in [6.45, 7) is 4.81. The zero-order valence-electron chi connectivity index (χ0n) is 12.7. The number of hydrogen-bond acceptors (Lipinski definition) is 4. The van der Waals surface area contributed by atoms with Crippen molar-refractivity contribution in [2.75, 3.05) is 5.01 Å². The van der Waals surface area contributed by atoms with Crippen LogP contribution < -0.4 is 15.6 Å². The quantitative estimate of drug-likeness (QED) is 0.794. The van der Waals surface area contributed by atoms with Gasteiger partial charge in [0.05, 0.1) is 17.1 Å². The number of anilines is 1. The van der Waals surface area contributed by atoms with Crippen molar-refractivity contribution in [2.24, 2.45) is 5.10 Å².